The molecule has 2 aromatic carbocycles. The summed E-state index contributed by atoms with van der Waals surface area (Å²) in [4.78, 5) is 12.1. The predicted octanol–water partition coefficient (Wildman–Crippen LogP) is 3.66. The van der Waals surface area contributed by atoms with Gasteiger partial charge in [-0.3, -0.25) is 10.1 Å². The zero-order valence-electron chi connectivity index (χ0n) is 15.3. The number of carbonyl (C=O) groups excluding carboxylic acids is 1. The van der Waals surface area contributed by atoms with Gasteiger partial charge >= 0.3 is 0 Å². The maximum absolute atomic E-state index is 12.1. The first-order valence-corrected chi connectivity index (χ1v) is 9.37. The van der Waals surface area contributed by atoms with Crippen LogP contribution in [-0.2, 0) is 12.8 Å². The molecule has 1 aliphatic rings. The van der Waals surface area contributed by atoms with Gasteiger partial charge in [0.2, 0.25) is 0 Å². The van der Waals surface area contributed by atoms with Crippen molar-refractivity contribution in [2.75, 3.05) is 5.32 Å². The number of thiocarbonyl (C=S) groups is 1. The van der Waals surface area contributed by atoms with Crippen molar-refractivity contribution in [2.45, 2.75) is 25.9 Å². The highest BCUT2D eigenvalue weighted by atomic mass is 32.1. The number of ether oxygens (including phenoxy) is 1. The van der Waals surface area contributed by atoms with E-state index in [9.17, 15) is 4.79 Å². The van der Waals surface area contributed by atoms with E-state index in [1.165, 1.54) is 11.1 Å². The molecule has 1 amide bonds. The summed E-state index contributed by atoms with van der Waals surface area (Å²) in [7, 11) is 0. The third-order valence-corrected chi connectivity index (χ3v) is 4.70. The third kappa shape index (κ3) is 4.20. The van der Waals surface area contributed by atoms with E-state index in [4.69, 9.17) is 21.5 Å². The summed E-state index contributed by atoms with van der Waals surface area (Å²) in [5.41, 5.74) is 3.59. The molecule has 3 aromatic rings. The lowest BCUT2D eigenvalue weighted by molar-refractivity contribution is 0.0969. The highest BCUT2D eigenvalue weighted by Gasteiger charge is 2.22. The molecule has 1 aliphatic carbocycles. The van der Waals surface area contributed by atoms with E-state index in [0.717, 1.165) is 24.3 Å². The van der Waals surface area contributed by atoms with Crippen molar-refractivity contribution in [1.82, 2.24) is 10.5 Å². The summed E-state index contributed by atoms with van der Waals surface area (Å²) < 4.78 is 11.0. The Bertz CT molecular complexity index is 1010. The second-order valence-electron chi connectivity index (χ2n) is 6.68. The van der Waals surface area contributed by atoms with Crippen LogP contribution in [0.25, 0.3) is 0 Å². The Hall–Kier alpha value is -3.19. The molecule has 0 bridgehead atoms. The largest absolute Gasteiger partial charge is 0.490 e. The number of amides is 1. The van der Waals surface area contributed by atoms with Gasteiger partial charge in [-0.2, -0.15) is 0 Å². The Morgan fingerprint density at radius 1 is 1.14 bits per heavy atom. The van der Waals surface area contributed by atoms with Crippen LogP contribution in [-0.4, -0.2) is 22.3 Å². The molecule has 0 saturated heterocycles. The molecule has 0 unspecified atom stereocenters. The Morgan fingerprint density at radius 2 is 1.89 bits per heavy atom. The van der Waals surface area contributed by atoms with Crippen molar-refractivity contribution >= 4 is 28.9 Å². The van der Waals surface area contributed by atoms with E-state index < -0.39 is 5.91 Å². The summed E-state index contributed by atoms with van der Waals surface area (Å²) in [5, 5.41) is 9.42. The van der Waals surface area contributed by atoms with Crippen LogP contribution in [0.15, 0.2) is 59.1 Å². The fourth-order valence-corrected chi connectivity index (χ4v) is 3.45. The molecule has 4 rings (SSSR count). The average Bonchev–Trinajstić information content (AvgIpc) is 3.27. The number of hydrogen-bond acceptors (Lipinski definition) is 5. The van der Waals surface area contributed by atoms with E-state index in [-0.39, 0.29) is 16.9 Å². The van der Waals surface area contributed by atoms with E-state index >= 15 is 0 Å². The third-order valence-electron chi connectivity index (χ3n) is 4.50. The monoisotopic (exact) mass is 393 g/mol. The van der Waals surface area contributed by atoms with Crippen molar-refractivity contribution in [3.63, 3.8) is 0 Å². The summed E-state index contributed by atoms with van der Waals surface area (Å²) in [6, 6.07) is 17.5. The van der Waals surface area contributed by atoms with Crippen LogP contribution in [0.1, 0.15) is 27.4 Å². The van der Waals surface area contributed by atoms with Crippen LogP contribution >= 0.6 is 12.2 Å². The Kier molecular flexibility index (Phi) is 5.08. The normalized spacial score (nSPS) is 13.0. The van der Waals surface area contributed by atoms with Crippen molar-refractivity contribution in [1.29, 1.82) is 0 Å². The predicted molar refractivity (Wildman–Crippen MR) is 110 cm³/mol. The lowest BCUT2D eigenvalue weighted by atomic mass is 10.1. The SMILES string of the molecule is Cc1cc(C(=O)NC(=S)Nc2cccc(OC3Cc4ccccc4C3)c2)no1. The van der Waals surface area contributed by atoms with E-state index in [1.54, 1.807) is 13.0 Å². The molecule has 0 saturated carbocycles. The van der Waals surface area contributed by atoms with E-state index in [2.05, 4.69) is 40.1 Å². The molecular formula is C21H19N3O3S. The zero-order chi connectivity index (χ0) is 19.5. The number of rotatable bonds is 4. The molecule has 6 nitrogen and oxygen atoms in total. The first kappa shape index (κ1) is 18.2. The Balaban J connectivity index is 1.35. The minimum absolute atomic E-state index is 0.120. The molecule has 0 radical (unpaired) electrons. The molecule has 0 fully saturated rings. The van der Waals surface area contributed by atoms with Gasteiger partial charge in [-0.15, -0.1) is 0 Å². The number of benzene rings is 2. The Morgan fingerprint density at radius 3 is 2.57 bits per heavy atom. The number of carbonyl (C=O) groups is 1. The van der Waals surface area contributed by atoms with Gasteiger partial charge in [0.05, 0.1) is 0 Å². The number of hydrogen-bond donors (Lipinski definition) is 2. The lowest BCUT2D eigenvalue weighted by Crippen LogP contribution is -2.34. The topological polar surface area (TPSA) is 76.4 Å². The zero-order valence-corrected chi connectivity index (χ0v) is 16.1. The molecule has 0 atom stereocenters. The molecule has 1 aromatic heterocycles. The first-order chi connectivity index (χ1) is 13.6. The second kappa shape index (κ2) is 7.82. The molecule has 0 spiro atoms. The minimum atomic E-state index is -0.425. The highest BCUT2D eigenvalue weighted by molar-refractivity contribution is 7.80. The maximum Gasteiger partial charge on any atom is 0.279 e. The van der Waals surface area contributed by atoms with Crippen LogP contribution < -0.4 is 15.4 Å². The molecule has 28 heavy (non-hydrogen) atoms. The van der Waals surface area contributed by atoms with Crippen LogP contribution in [0, 0.1) is 6.92 Å². The standard InChI is InChI=1S/C21H19N3O3S/c1-13-9-19(24-27-13)20(25)23-21(28)22-16-7-4-8-17(12-16)26-18-10-14-5-2-3-6-15(14)11-18/h2-9,12,18H,10-11H2,1H3,(H2,22,23,25,28). The highest BCUT2D eigenvalue weighted by Crippen LogP contribution is 2.26. The quantitative estimate of drug-likeness (QED) is 0.659. The molecule has 0 aliphatic heterocycles. The number of fused-ring (bicyclic) bond motifs is 1. The second-order valence-corrected chi connectivity index (χ2v) is 7.08. The average molecular weight is 393 g/mol. The van der Waals surface area contributed by atoms with Crippen molar-refractivity contribution < 1.29 is 14.1 Å². The van der Waals surface area contributed by atoms with E-state index in [0.29, 0.717) is 5.76 Å². The van der Waals surface area contributed by atoms with E-state index in [1.807, 2.05) is 24.3 Å². The number of aromatic nitrogens is 1. The van der Waals surface area contributed by atoms with Crippen LogP contribution in [0.4, 0.5) is 5.69 Å². The van der Waals surface area contributed by atoms with Gasteiger partial charge in [-0.05, 0) is 42.4 Å². The lowest BCUT2D eigenvalue weighted by Gasteiger charge is -2.15. The van der Waals surface area contributed by atoms with Crippen LogP contribution in [0.3, 0.4) is 0 Å². The minimum Gasteiger partial charge on any atom is -0.490 e. The van der Waals surface area contributed by atoms with Crippen LogP contribution in [0.5, 0.6) is 5.75 Å². The first-order valence-electron chi connectivity index (χ1n) is 8.96. The molecule has 2 N–H and O–H groups in total. The van der Waals surface area contributed by atoms with Gasteiger partial charge < -0.3 is 14.6 Å². The summed E-state index contributed by atoms with van der Waals surface area (Å²) in [6.07, 6.45) is 1.92. The summed E-state index contributed by atoms with van der Waals surface area (Å²) >= 11 is 5.21. The van der Waals surface area contributed by atoms with Gasteiger partial charge in [0, 0.05) is 30.7 Å². The summed E-state index contributed by atoms with van der Waals surface area (Å²) in [6.45, 7) is 1.72. The molecular weight excluding hydrogens is 374 g/mol. The van der Waals surface area contributed by atoms with Crippen molar-refractivity contribution in [3.05, 3.63) is 77.2 Å². The maximum atomic E-state index is 12.1. The van der Waals surface area contributed by atoms with Gasteiger partial charge in [-0.1, -0.05) is 35.5 Å². The van der Waals surface area contributed by atoms with Crippen molar-refractivity contribution in [2.24, 2.45) is 0 Å². The number of aryl methyl sites for hydroxylation is 1. The van der Waals surface area contributed by atoms with Gasteiger partial charge in [0.1, 0.15) is 17.6 Å². The molecule has 7 heteroatoms. The number of nitrogens with one attached hydrogen (secondary N) is 2. The van der Waals surface area contributed by atoms with Gasteiger partial charge in [0.25, 0.3) is 5.91 Å². The van der Waals surface area contributed by atoms with Gasteiger partial charge in [-0.25, -0.2) is 0 Å². The van der Waals surface area contributed by atoms with Crippen molar-refractivity contribution in [3.8, 4) is 5.75 Å². The molecule has 1 heterocycles. The van der Waals surface area contributed by atoms with Gasteiger partial charge in [0.15, 0.2) is 10.8 Å². The van der Waals surface area contributed by atoms with Crippen LogP contribution in [0.2, 0.25) is 0 Å². The smallest absolute Gasteiger partial charge is 0.279 e. The number of nitrogens with zero attached hydrogens (tertiary/aromatic N) is 1. The fourth-order valence-electron chi connectivity index (χ4n) is 3.24. The Labute approximate surface area is 167 Å². The summed E-state index contributed by atoms with van der Waals surface area (Å²) in [5.74, 6) is 0.887. The number of anilines is 1. The fraction of sp³-hybridized carbons (Fsp3) is 0.190. The molecule has 142 valence electrons.